The van der Waals surface area contributed by atoms with Crippen molar-refractivity contribution in [2.45, 2.75) is 43.0 Å². The first-order valence-corrected chi connectivity index (χ1v) is 12.2. The van der Waals surface area contributed by atoms with Gasteiger partial charge >= 0.3 is 6.03 Å². The maximum atomic E-state index is 11.9. The summed E-state index contributed by atoms with van der Waals surface area (Å²) in [5.74, 6) is 0.577. The molecule has 5 N–H and O–H groups in total. The summed E-state index contributed by atoms with van der Waals surface area (Å²) >= 11 is 1.86. The normalized spacial score (nSPS) is 21.8. The molecule has 3 atom stereocenters. The van der Waals surface area contributed by atoms with E-state index in [4.69, 9.17) is 24.7 Å². The summed E-state index contributed by atoms with van der Waals surface area (Å²) in [6.07, 6.45) is 2.42. The fourth-order valence-corrected chi connectivity index (χ4v) is 4.94. The number of thioether (sulfide) groups is 1. The van der Waals surface area contributed by atoms with E-state index in [9.17, 15) is 14.4 Å². The van der Waals surface area contributed by atoms with Crippen LogP contribution in [0.5, 0.6) is 0 Å². The fourth-order valence-electron chi connectivity index (χ4n) is 3.39. The van der Waals surface area contributed by atoms with Gasteiger partial charge in [0.2, 0.25) is 11.8 Å². The molecule has 4 amide bonds. The highest BCUT2D eigenvalue weighted by molar-refractivity contribution is 8.00. The van der Waals surface area contributed by atoms with Gasteiger partial charge in [0.05, 0.1) is 64.9 Å². The second kappa shape index (κ2) is 16.1. The summed E-state index contributed by atoms with van der Waals surface area (Å²) in [4.78, 5) is 33.8. The van der Waals surface area contributed by atoms with E-state index in [1.54, 1.807) is 0 Å². The van der Waals surface area contributed by atoms with Crippen molar-refractivity contribution in [3.05, 3.63) is 0 Å². The second-order valence-corrected chi connectivity index (χ2v) is 8.80. The van der Waals surface area contributed by atoms with E-state index < -0.39 is 0 Å². The lowest BCUT2D eigenvalue weighted by atomic mass is 10.0. The number of carbonyl (C=O) groups excluding carboxylic acids is 3. The largest absolute Gasteiger partial charge is 0.379 e. The van der Waals surface area contributed by atoms with Crippen molar-refractivity contribution >= 4 is 29.6 Å². The number of nitrogens with one attached hydrogen (secondary N) is 3. The van der Waals surface area contributed by atoms with Gasteiger partial charge in [0, 0.05) is 30.4 Å². The Morgan fingerprint density at radius 2 is 1.56 bits per heavy atom. The smallest absolute Gasteiger partial charge is 0.315 e. The molecule has 0 bridgehead atoms. The minimum atomic E-state index is -0.379. The van der Waals surface area contributed by atoms with Gasteiger partial charge in [-0.3, -0.25) is 9.59 Å². The standard InChI is InChI=1S/C20H36N4O7S/c21-17(25)4-6-28-8-10-30-12-13-31-11-9-29-7-5-22-18(26)3-1-2-16-19-15(14-32-16)23-20(27)24-19/h15-16,19H,1-14H2,(H2,21,25)(H,22,26)(H2,23,24,27)/t15-,16-,19-/m0/s1. The van der Waals surface area contributed by atoms with Gasteiger partial charge in [-0.25, -0.2) is 4.79 Å². The molecular formula is C20H36N4O7S. The lowest BCUT2D eigenvalue weighted by molar-refractivity contribution is -0.121. The number of fused-ring (bicyclic) bond motifs is 1. The maximum absolute atomic E-state index is 11.9. The molecule has 0 aromatic rings. The Kier molecular flexibility index (Phi) is 13.4. The highest BCUT2D eigenvalue weighted by Gasteiger charge is 2.42. The van der Waals surface area contributed by atoms with E-state index in [1.807, 2.05) is 11.8 Å². The summed E-state index contributed by atoms with van der Waals surface area (Å²) in [5, 5.41) is 9.12. The molecule has 2 rings (SSSR count). The summed E-state index contributed by atoms with van der Waals surface area (Å²) in [7, 11) is 0. The zero-order valence-electron chi connectivity index (χ0n) is 18.5. The molecule has 184 valence electrons. The molecule has 2 aliphatic heterocycles. The predicted octanol–water partition coefficient (Wildman–Crippen LogP) is -0.620. The quantitative estimate of drug-likeness (QED) is 0.142. The third kappa shape index (κ3) is 11.3. The number of primary amides is 1. The van der Waals surface area contributed by atoms with Crippen LogP contribution in [0.2, 0.25) is 0 Å². The molecule has 2 aliphatic rings. The maximum Gasteiger partial charge on any atom is 0.315 e. The summed E-state index contributed by atoms with van der Waals surface area (Å²) in [5.41, 5.74) is 5.00. The first-order chi connectivity index (χ1) is 15.6. The van der Waals surface area contributed by atoms with Crippen LogP contribution in [-0.2, 0) is 28.5 Å². The van der Waals surface area contributed by atoms with E-state index in [-0.39, 0.29) is 36.3 Å². The molecule has 2 heterocycles. The Morgan fingerprint density at radius 3 is 2.22 bits per heavy atom. The van der Waals surface area contributed by atoms with Crippen LogP contribution in [-0.4, -0.2) is 100 Å². The molecule has 0 unspecified atom stereocenters. The number of hydrogen-bond donors (Lipinski definition) is 4. The van der Waals surface area contributed by atoms with Crippen molar-refractivity contribution in [3.8, 4) is 0 Å². The highest BCUT2D eigenvalue weighted by atomic mass is 32.2. The Labute approximate surface area is 193 Å². The number of nitrogens with two attached hydrogens (primary N) is 1. The average molecular weight is 477 g/mol. The molecule has 0 spiro atoms. The summed E-state index contributed by atoms with van der Waals surface area (Å²) in [6.45, 7) is 3.90. The van der Waals surface area contributed by atoms with Crippen molar-refractivity contribution in [1.82, 2.24) is 16.0 Å². The molecule has 0 aromatic carbocycles. The zero-order valence-corrected chi connectivity index (χ0v) is 19.3. The number of hydrogen-bond acceptors (Lipinski definition) is 8. The predicted molar refractivity (Wildman–Crippen MR) is 119 cm³/mol. The molecule has 2 saturated heterocycles. The minimum absolute atomic E-state index is 0.0220. The van der Waals surface area contributed by atoms with Crippen LogP contribution in [0.3, 0.4) is 0 Å². The van der Waals surface area contributed by atoms with Gasteiger partial charge in [-0.15, -0.1) is 0 Å². The van der Waals surface area contributed by atoms with Crippen molar-refractivity contribution in [2.24, 2.45) is 5.73 Å². The van der Waals surface area contributed by atoms with Crippen molar-refractivity contribution in [3.63, 3.8) is 0 Å². The second-order valence-electron chi connectivity index (χ2n) is 7.53. The molecule has 11 nitrogen and oxygen atoms in total. The van der Waals surface area contributed by atoms with Crippen LogP contribution in [0, 0.1) is 0 Å². The summed E-state index contributed by atoms with van der Waals surface area (Å²) in [6, 6.07) is 0.327. The molecule has 0 radical (unpaired) electrons. The van der Waals surface area contributed by atoms with E-state index in [0.717, 1.165) is 18.6 Å². The molecular weight excluding hydrogens is 440 g/mol. The number of ether oxygens (including phenoxy) is 4. The topological polar surface area (TPSA) is 150 Å². The van der Waals surface area contributed by atoms with E-state index >= 15 is 0 Å². The Balaban J connectivity index is 1.29. The molecule has 2 fully saturated rings. The zero-order chi connectivity index (χ0) is 23.0. The number of amides is 4. The molecule has 0 aromatic heterocycles. The Morgan fingerprint density at radius 1 is 0.938 bits per heavy atom. The van der Waals surface area contributed by atoms with Gasteiger partial charge in [-0.1, -0.05) is 0 Å². The molecule has 0 saturated carbocycles. The Bertz CT molecular complexity index is 584. The molecule has 32 heavy (non-hydrogen) atoms. The number of urea groups is 1. The monoisotopic (exact) mass is 476 g/mol. The van der Waals surface area contributed by atoms with Crippen LogP contribution < -0.4 is 21.7 Å². The van der Waals surface area contributed by atoms with Gasteiger partial charge in [0.25, 0.3) is 0 Å². The minimum Gasteiger partial charge on any atom is -0.379 e. The van der Waals surface area contributed by atoms with Gasteiger partial charge in [0.1, 0.15) is 0 Å². The van der Waals surface area contributed by atoms with Gasteiger partial charge in [-0.2, -0.15) is 11.8 Å². The SMILES string of the molecule is NC(=O)CCOCCOCCOCCOCCNC(=O)CCC[C@@H]1SC[C@@H]2NC(=O)N[C@@H]21. The van der Waals surface area contributed by atoms with Crippen LogP contribution in [0.4, 0.5) is 4.79 Å². The van der Waals surface area contributed by atoms with E-state index in [1.165, 1.54) is 0 Å². The average Bonchev–Trinajstić information content (AvgIpc) is 3.30. The van der Waals surface area contributed by atoms with Crippen molar-refractivity contribution in [2.75, 3.05) is 65.2 Å². The van der Waals surface area contributed by atoms with Crippen molar-refractivity contribution < 1.29 is 33.3 Å². The van der Waals surface area contributed by atoms with Gasteiger partial charge < -0.3 is 40.6 Å². The first kappa shape index (κ1) is 26.7. The first-order valence-electron chi connectivity index (χ1n) is 11.1. The lowest BCUT2D eigenvalue weighted by Crippen LogP contribution is -2.37. The molecule has 12 heteroatoms. The van der Waals surface area contributed by atoms with Crippen molar-refractivity contribution in [1.29, 1.82) is 0 Å². The van der Waals surface area contributed by atoms with E-state index in [0.29, 0.717) is 71.1 Å². The van der Waals surface area contributed by atoms with Gasteiger partial charge in [-0.05, 0) is 12.8 Å². The lowest BCUT2D eigenvalue weighted by Gasteiger charge is -2.16. The fraction of sp³-hybridized carbons (Fsp3) is 0.850. The third-order valence-corrected chi connectivity index (χ3v) is 6.52. The van der Waals surface area contributed by atoms with Crippen LogP contribution in [0.1, 0.15) is 25.7 Å². The highest BCUT2D eigenvalue weighted by Crippen LogP contribution is 2.32. The Hall–Kier alpha value is -1.60. The number of carbonyl (C=O) groups is 3. The van der Waals surface area contributed by atoms with E-state index in [2.05, 4.69) is 16.0 Å². The van der Waals surface area contributed by atoms with Gasteiger partial charge in [0.15, 0.2) is 0 Å². The van der Waals surface area contributed by atoms with Crippen LogP contribution in [0.15, 0.2) is 0 Å². The summed E-state index contributed by atoms with van der Waals surface area (Å²) < 4.78 is 21.3. The molecule has 0 aliphatic carbocycles. The van der Waals surface area contributed by atoms with Crippen LogP contribution in [0.25, 0.3) is 0 Å². The third-order valence-electron chi connectivity index (χ3n) is 5.01. The number of rotatable bonds is 19. The van der Waals surface area contributed by atoms with Crippen LogP contribution >= 0.6 is 11.8 Å².